The van der Waals surface area contributed by atoms with Gasteiger partial charge in [-0.05, 0) is 53.7 Å². The van der Waals surface area contributed by atoms with Gasteiger partial charge in [0.1, 0.15) is 0 Å². The van der Waals surface area contributed by atoms with Crippen molar-refractivity contribution in [3.8, 4) is 0 Å². The van der Waals surface area contributed by atoms with Crippen molar-refractivity contribution >= 4 is 11.3 Å². The van der Waals surface area contributed by atoms with Crippen molar-refractivity contribution in [3.05, 3.63) is 27.7 Å². The van der Waals surface area contributed by atoms with Crippen LogP contribution in [-0.2, 0) is 13.0 Å². The van der Waals surface area contributed by atoms with E-state index in [2.05, 4.69) is 32.3 Å². The molecule has 0 bridgehead atoms. The van der Waals surface area contributed by atoms with E-state index >= 15 is 0 Å². The first-order valence-electron chi connectivity index (χ1n) is 5.87. The summed E-state index contributed by atoms with van der Waals surface area (Å²) in [5.41, 5.74) is 1.41. The van der Waals surface area contributed by atoms with Crippen LogP contribution < -0.4 is 5.32 Å². The van der Waals surface area contributed by atoms with Gasteiger partial charge in [0.25, 0.3) is 0 Å². The van der Waals surface area contributed by atoms with Gasteiger partial charge in [-0.3, -0.25) is 0 Å². The maximum absolute atomic E-state index is 4.16. The van der Waals surface area contributed by atoms with Crippen LogP contribution in [0.25, 0.3) is 0 Å². The Labute approximate surface area is 104 Å². The molecule has 0 saturated heterocycles. The summed E-state index contributed by atoms with van der Waals surface area (Å²) in [4.78, 5) is 1.49. The Kier molecular flexibility index (Phi) is 2.90. The van der Waals surface area contributed by atoms with Crippen molar-refractivity contribution in [2.24, 2.45) is 0 Å². The lowest BCUT2D eigenvalue weighted by Crippen LogP contribution is -2.21. The number of hydrogen-bond acceptors (Lipinski definition) is 5. The highest BCUT2D eigenvalue weighted by molar-refractivity contribution is 7.10. The van der Waals surface area contributed by atoms with Gasteiger partial charge < -0.3 is 5.32 Å². The summed E-state index contributed by atoms with van der Waals surface area (Å²) in [6.45, 7) is 0.711. The molecule has 0 saturated carbocycles. The van der Waals surface area contributed by atoms with E-state index in [4.69, 9.17) is 0 Å². The number of nitrogens with zero attached hydrogens (tertiary/aromatic N) is 4. The zero-order chi connectivity index (χ0) is 11.7. The summed E-state index contributed by atoms with van der Waals surface area (Å²) >= 11 is 1.85. The lowest BCUT2D eigenvalue weighted by atomic mass is 9.94. The first kappa shape index (κ1) is 10.9. The molecule has 0 aromatic carbocycles. The third-order valence-electron chi connectivity index (χ3n) is 3.21. The van der Waals surface area contributed by atoms with Crippen LogP contribution in [0, 0.1) is 0 Å². The maximum atomic E-state index is 4.16. The number of fused-ring (bicyclic) bond motifs is 1. The van der Waals surface area contributed by atoms with Crippen LogP contribution in [0.2, 0.25) is 0 Å². The molecule has 1 unspecified atom stereocenters. The molecule has 0 spiro atoms. The molecule has 1 atom stereocenters. The Bertz CT molecular complexity index is 503. The van der Waals surface area contributed by atoms with Crippen molar-refractivity contribution in [1.82, 2.24) is 25.5 Å². The Hall–Kier alpha value is -1.27. The second-order valence-electron chi connectivity index (χ2n) is 4.28. The molecule has 1 aliphatic rings. The van der Waals surface area contributed by atoms with Gasteiger partial charge in [-0.1, -0.05) is 0 Å². The van der Waals surface area contributed by atoms with Gasteiger partial charge >= 0.3 is 0 Å². The average Bonchev–Trinajstić information content (AvgIpc) is 2.96. The second-order valence-corrected chi connectivity index (χ2v) is 5.28. The van der Waals surface area contributed by atoms with Gasteiger partial charge in [-0.25, -0.2) is 4.68 Å². The maximum Gasteiger partial charge on any atom is 0.165 e. The zero-order valence-corrected chi connectivity index (χ0v) is 10.6. The summed E-state index contributed by atoms with van der Waals surface area (Å²) in [5, 5.41) is 17.3. The van der Waals surface area contributed by atoms with E-state index in [1.54, 1.807) is 0 Å². The number of hydrogen-bond donors (Lipinski definition) is 1. The minimum Gasteiger partial charge on any atom is -0.313 e. The van der Waals surface area contributed by atoms with E-state index in [0.717, 1.165) is 12.2 Å². The monoisotopic (exact) mass is 249 g/mol. The lowest BCUT2D eigenvalue weighted by Gasteiger charge is -2.23. The molecule has 3 rings (SSSR count). The van der Waals surface area contributed by atoms with Crippen LogP contribution in [0.5, 0.6) is 0 Å². The van der Waals surface area contributed by atoms with Gasteiger partial charge in [0.15, 0.2) is 5.82 Å². The van der Waals surface area contributed by atoms with Crippen molar-refractivity contribution in [2.45, 2.75) is 31.8 Å². The van der Waals surface area contributed by atoms with Gasteiger partial charge in [0.05, 0.1) is 12.6 Å². The number of aryl methyl sites for hydroxylation is 1. The summed E-state index contributed by atoms with van der Waals surface area (Å²) in [5.74, 6) is 0.913. The van der Waals surface area contributed by atoms with E-state index in [1.165, 1.54) is 23.3 Å². The quantitative estimate of drug-likeness (QED) is 0.893. The van der Waals surface area contributed by atoms with Crippen LogP contribution in [0.15, 0.2) is 11.4 Å². The highest BCUT2D eigenvalue weighted by Gasteiger charge is 2.25. The van der Waals surface area contributed by atoms with Crippen molar-refractivity contribution in [2.75, 3.05) is 7.05 Å². The summed E-state index contributed by atoms with van der Waals surface area (Å²) in [6.07, 6.45) is 3.55. The molecule has 2 aromatic heterocycles. The molecule has 0 amide bonds. The third-order valence-corrected chi connectivity index (χ3v) is 4.21. The smallest absolute Gasteiger partial charge is 0.165 e. The SMILES string of the molecule is CNCc1nnnn1C1CCCc2sccc21. The number of aromatic nitrogens is 4. The van der Waals surface area contributed by atoms with Gasteiger partial charge in [0.2, 0.25) is 0 Å². The fourth-order valence-corrected chi connectivity index (χ4v) is 3.43. The van der Waals surface area contributed by atoms with E-state index in [1.807, 2.05) is 23.1 Å². The van der Waals surface area contributed by atoms with Crippen molar-refractivity contribution < 1.29 is 0 Å². The van der Waals surface area contributed by atoms with Crippen molar-refractivity contribution in [3.63, 3.8) is 0 Å². The van der Waals surface area contributed by atoms with Crippen LogP contribution in [0.3, 0.4) is 0 Å². The minimum absolute atomic E-state index is 0.323. The number of nitrogens with one attached hydrogen (secondary N) is 1. The minimum atomic E-state index is 0.323. The molecular weight excluding hydrogens is 234 g/mol. The van der Waals surface area contributed by atoms with Crippen LogP contribution in [0.4, 0.5) is 0 Å². The van der Waals surface area contributed by atoms with Crippen LogP contribution >= 0.6 is 11.3 Å². The zero-order valence-electron chi connectivity index (χ0n) is 9.76. The molecule has 1 aliphatic carbocycles. The standard InChI is InChI=1S/C11H15N5S/c1-12-7-11-13-14-15-16(11)9-3-2-4-10-8(9)5-6-17-10/h5-6,9,12H,2-4,7H2,1H3. The average molecular weight is 249 g/mol. The molecule has 2 heterocycles. The van der Waals surface area contributed by atoms with Gasteiger partial charge in [-0.15, -0.1) is 16.4 Å². The first-order chi connectivity index (χ1) is 8.40. The molecular formula is C11H15N5S. The van der Waals surface area contributed by atoms with E-state index in [-0.39, 0.29) is 0 Å². The lowest BCUT2D eigenvalue weighted by molar-refractivity contribution is 0.427. The molecule has 6 heteroatoms. The predicted octanol–water partition coefficient (Wildman–Crippen LogP) is 1.38. The topological polar surface area (TPSA) is 55.6 Å². The molecule has 2 aromatic rings. The summed E-state index contributed by atoms with van der Waals surface area (Å²) in [6, 6.07) is 2.54. The van der Waals surface area contributed by atoms with Gasteiger partial charge in [-0.2, -0.15) is 0 Å². The number of thiophene rings is 1. The van der Waals surface area contributed by atoms with Crippen molar-refractivity contribution in [1.29, 1.82) is 0 Å². The molecule has 5 nitrogen and oxygen atoms in total. The number of rotatable bonds is 3. The van der Waals surface area contributed by atoms with E-state index < -0.39 is 0 Å². The van der Waals surface area contributed by atoms with Crippen LogP contribution in [0.1, 0.15) is 35.1 Å². The Morgan fingerprint density at radius 3 is 3.41 bits per heavy atom. The molecule has 0 aliphatic heterocycles. The Morgan fingerprint density at radius 2 is 2.53 bits per heavy atom. The largest absolute Gasteiger partial charge is 0.313 e. The summed E-state index contributed by atoms with van der Waals surface area (Å²) < 4.78 is 1.97. The van der Waals surface area contributed by atoms with Crippen LogP contribution in [-0.4, -0.2) is 27.3 Å². The van der Waals surface area contributed by atoms with Gasteiger partial charge in [0, 0.05) is 4.88 Å². The number of tetrazole rings is 1. The fraction of sp³-hybridized carbons (Fsp3) is 0.545. The summed E-state index contributed by atoms with van der Waals surface area (Å²) in [7, 11) is 1.91. The van der Waals surface area contributed by atoms with E-state index in [9.17, 15) is 0 Å². The Morgan fingerprint density at radius 1 is 1.59 bits per heavy atom. The fourth-order valence-electron chi connectivity index (χ4n) is 2.44. The molecule has 1 N–H and O–H groups in total. The third kappa shape index (κ3) is 1.87. The molecule has 0 fully saturated rings. The van der Waals surface area contributed by atoms with E-state index in [0.29, 0.717) is 12.6 Å². The highest BCUT2D eigenvalue weighted by Crippen LogP contribution is 2.35. The first-order valence-corrected chi connectivity index (χ1v) is 6.75. The predicted molar refractivity (Wildman–Crippen MR) is 66.0 cm³/mol. The second kappa shape index (κ2) is 4.54. The Balaban J connectivity index is 1.98. The molecule has 17 heavy (non-hydrogen) atoms. The molecule has 90 valence electrons. The molecule has 0 radical (unpaired) electrons. The highest BCUT2D eigenvalue weighted by atomic mass is 32.1. The normalized spacial score (nSPS) is 19.2.